The van der Waals surface area contributed by atoms with E-state index >= 15 is 0 Å². The molecule has 1 saturated heterocycles. The van der Waals surface area contributed by atoms with Crippen LogP contribution in [0.1, 0.15) is 6.92 Å². The summed E-state index contributed by atoms with van der Waals surface area (Å²) in [6.45, 7) is 4.58. The Morgan fingerprint density at radius 2 is 2.00 bits per heavy atom. The van der Waals surface area contributed by atoms with Crippen molar-refractivity contribution in [2.45, 2.75) is 19.0 Å². The highest BCUT2D eigenvalue weighted by Gasteiger charge is 2.25. The van der Waals surface area contributed by atoms with Crippen molar-refractivity contribution in [2.75, 3.05) is 17.5 Å². The highest BCUT2D eigenvalue weighted by molar-refractivity contribution is 14.1. The molecule has 0 N–H and O–H groups in total. The number of hydrogen-bond acceptors (Lipinski definition) is 2. The van der Waals surface area contributed by atoms with E-state index in [1.807, 2.05) is 0 Å². The molecule has 0 saturated carbocycles. The Hall–Kier alpha value is 1.51. The third-order valence-electron chi connectivity index (χ3n) is 2.11. The molecule has 1 rings (SSSR count). The van der Waals surface area contributed by atoms with Crippen LogP contribution in [0.15, 0.2) is 0 Å². The Morgan fingerprint density at radius 1 is 1.36 bits per heavy atom. The van der Waals surface area contributed by atoms with Gasteiger partial charge in [-0.05, 0) is 6.92 Å². The summed E-state index contributed by atoms with van der Waals surface area (Å²) in [7, 11) is 5.63. The molecular formula is C6H15IN2P2. The molecule has 1 heterocycles. The van der Waals surface area contributed by atoms with E-state index in [0.29, 0.717) is 12.1 Å². The van der Waals surface area contributed by atoms with Crippen LogP contribution in [0.25, 0.3) is 0 Å². The zero-order valence-corrected chi connectivity index (χ0v) is 11.2. The number of rotatable bonds is 1. The zero-order valence-electron chi connectivity index (χ0n) is 6.70. The maximum atomic E-state index is 2.82. The normalized spacial score (nSPS) is 36.0. The summed E-state index contributed by atoms with van der Waals surface area (Å²) in [5.74, 6) is 0. The minimum absolute atomic E-state index is 0.664. The van der Waals surface area contributed by atoms with Crippen molar-refractivity contribution in [3.8, 4) is 0 Å². The quantitative estimate of drug-likeness (QED) is 0.410. The van der Waals surface area contributed by atoms with Gasteiger partial charge in [-0.1, -0.05) is 41.4 Å². The zero-order chi connectivity index (χ0) is 8.43. The topological polar surface area (TPSA) is 6.48 Å². The first-order valence-electron chi connectivity index (χ1n) is 3.73. The molecule has 1 aliphatic rings. The van der Waals surface area contributed by atoms with Crippen molar-refractivity contribution >= 4 is 41.4 Å². The van der Waals surface area contributed by atoms with Gasteiger partial charge in [-0.15, -0.1) is 0 Å². The highest BCUT2D eigenvalue weighted by Crippen LogP contribution is 2.22. The van der Waals surface area contributed by atoms with Crippen LogP contribution < -0.4 is 0 Å². The van der Waals surface area contributed by atoms with Gasteiger partial charge in [0.2, 0.25) is 0 Å². The van der Waals surface area contributed by atoms with Gasteiger partial charge in [0.1, 0.15) is 0 Å². The second-order valence-electron chi connectivity index (χ2n) is 3.05. The lowest BCUT2D eigenvalue weighted by Crippen LogP contribution is -2.50. The number of alkyl halides is 1. The van der Waals surface area contributed by atoms with E-state index in [2.05, 4.69) is 57.6 Å². The van der Waals surface area contributed by atoms with Crippen molar-refractivity contribution in [3.63, 3.8) is 0 Å². The summed E-state index contributed by atoms with van der Waals surface area (Å²) >= 11 is 2.45. The van der Waals surface area contributed by atoms with Gasteiger partial charge in [-0.3, -0.25) is 9.34 Å². The fraction of sp³-hybridized carbons (Fsp3) is 1.00. The average molecular weight is 304 g/mol. The molecular weight excluding hydrogens is 289 g/mol. The van der Waals surface area contributed by atoms with Crippen LogP contribution in [0.2, 0.25) is 0 Å². The second kappa shape index (κ2) is 4.66. The van der Waals surface area contributed by atoms with Crippen LogP contribution >= 0.6 is 41.4 Å². The van der Waals surface area contributed by atoms with Crippen LogP contribution in [0.4, 0.5) is 0 Å². The molecule has 2 nitrogen and oxygen atoms in total. The molecule has 11 heavy (non-hydrogen) atoms. The first kappa shape index (κ1) is 10.6. The monoisotopic (exact) mass is 304 g/mol. The Kier molecular flexibility index (Phi) is 4.49. The fourth-order valence-electron chi connectivity index (χ4n) is 1.22. The SMILES string of the molecule is C[C@@H]1CN(P)[C@@H](CI)CN1P. The summed E-state index contributed by atoms with van der Waals surface area (Å²) in [5, 5.41) is 0. The first-order valence-corrected chi connectivity index (χ1v) is 6.29. The third kappa shape index (κ3) is 2.73. The van der Waals surface area contributed by atoms with Crippen LogP contribution in [0.3, 0.4) is 0 Å². The summed E-state index contributed by atoms with van der Waals surface area (Å²) in [6.07, 6.45) is 0. The first-order chi connectivity index (χ1) is 5.15. The minimum Gasteiger partial charge on any atom is -0.282 e. The van der Waals surface area contributed by atoms with Gasteiger partial charge in [-0.25, -0.2) is 0 Å². The second-order valence-corrected chi connectivity index (χ2v) is 5.26. The van der Waals surface area contributed by atoms with E-state index in [9.17, 15) is 0 Å². The number of halogens is 1. The Morgan fingerprint density at radius 3 is 2.55 bits per heavy atom. The predicted molar refractivity (Wildman–Crippen MR) is 65.0 cm³/mol. The number of piperazine rings is 1. The lowest BCUT2D eigenvalue weighted by atomic mass is 10.2. The van der Waals surface area contributed by atoms with Crippen LogP contribution in [0.5, 0.6) is 0 Å². The van der Waals surface area contributed by atoms with Gasteiger partial charge < -0.3 is 0 Å². The summed E-state index contributed by atoms with van der Waals surface area (Å²) < 4.78 is 5.93. The summed E-state index contributed by atoms with van der Waals surface area (Å²) in [5.41, 5.74) is 0. The van der Waals surface area contributed by atoms with E-state index < -0.39 is 0 Å². The Bertz CT molecular complexity index is 136. The maximum absolute atomic E-state index is 2.82. The summed E-state index contributed by atoms with van der Waals surface area (Å²) in [4.78, 5) is 0. The molecule has 1 aliphatic heterocycles. The largest absolute Gasteiger partial charge is 0.282 e. The smallest absolute Gasteiger partial charge is 0.0350 e. The van der Waals surface area contributed by atoms with Gasteiger partial charge in [0, 0.05) is 29.6 Å². The molecule has 0 aliphatic carbocycles. The molecule has 5 heteroatoms. The number of hydrogen-bond donors (Lipinski definition) is 0. The van der Waals surface area contributed by atoms with Gasteiger partial charge in [0.05, 0.1) is 0 Å². The molecule has 2 unspecified atom stereocenters. The molecule has 0 aromatic rings. The molecule has 1 fully saturated rings. The van der Waals surface area contributed by atoms with E-state index in [-0.39, 0.29) is 0 Å². The molecule has 0 aromatic carbocycles. The fourth-order valence-corrected chi connectivity index (χ4v) is 3.28. The van der Waals surface area contributed by atoms with Gasteiger partial charge in [-0.2, -0.15) is 0 Å². The third-order valence-corrected chi connectivity index (χ3v) is 4.48. The standard InChI is InChI=1S/C6H15IN2P2/c1-5-3-9(11)6(2-7)4-8(5)10/h5-6H,2-4,10-11H2,1H3/t5-,6+/m1/s1. The van der Waals surface area contributed by atoms with Crippen molar-refractivity contribution in [1.29, 1.82) is 0 Å². The molecule has 0 spiro atoms. The lowest BCUT2D eigenvalue weighted by Gasteiger charge is -2.40. The summed E-state index contributed by atoms with van der Waals surface area (Å²) in [6, 6.07) is 1.37. The van der Waals surface area contributed by atoms with Crippen molar-refractivity contribution in [3.05, 3.63) is 0 Å². The lowest BCUT2D eigenvalue weighted by molar-refractivity contribution is 0.189. The highest BCUT2D eigenvalue weighted by atomic mass is 127. The Labute approximate surface area is 87.1 Å². The molecule has 0 amide bonds. The molecule has 4 atom stereocenters. The van der Waals surface area contributed by atoms with E-state index in [1.54, 1.807) is 0 Å². The van der Waals surface area contributed by atoms with Crippen LogP contribution in [-0.4, -0.2) is 38.9 Å². The van der Waals surface area contributed by atoms with Crippen molar-refractivity contribution in [1.82, 2.24) is 9.34 Å². The Balaban J connectivity index is 2.48. The van der Waals surface area contributed by atoms with E-state index in [0.717, 1.165) is 13.1 Å². The molecule has 0 radical (unpaired) electrons. The van der Waals surface area contributed by atoms with Crippen LogP contribution in [-0.2, 0) is 0 Å². The van der Waals surface area contributed by atoms with Gasteiger partial charge in [0.15, 0.2) is 0 Å². The minimum atomic E-state index is 0.664. The molecule has 0 aromatic heterocycles. The predicted octanol–water partition coefficient (Wildman–Crippen LogP) is 1.38. The van der Waals surface area contributed by atoms with Gasteiger partial charge >= 0.3 is 0 Å². The average Bonchev–Trinajstić information content (AvgIpc) is 1.97. The van der Waals surface area contributed by atoms with Crippen molar-refractivity contribution < 1.29 is 0 Å². The van der Waals surface area contributed by atoms with E-state index in [1.165, 1.54) is 4.43 Å². The van der Waals surface area contributed by atoms with Crippen molar-refractivity contribution in [2.24, 2.45) is 0 Å². The number of nitrogens with zero attached hydrogens (tertiary/aromatic N) is 2. The molecule has 0 bridgehead atoms. The van der Waals surface area contributed by atoms with Gasteiger partial charge in [0.25, 0.3) is 0 Å². The van der Waals surface area contributed by atoms with E-state index in [4.69, 9.17) is 0 Å². The maximum Gasteiger partial charge on any atom is 0.0350 e. The molecule has 66 valence electrons. The van der Waals surface area contributed by atoms with Crippen LogP contribution in [0, 0.1) is 0 Å².